The Morgan fingerprint density at radius 1 is 1.17 bits per heavy atom. The summed E-state index contributed by atoms with van der Waals surface area (Å²) >= 11 is 1.19. The maximum absolute atomic E-state index is 13.6. The minimum absolute atomic E-state index is 0.0367. The van der Waals surface area contributed by atoms with Crippen LogP contribution in [0.25, 0.3) is 0 Å². The second kappa shape index (κ2) is 13.3. The third-order valence-corrected chi connectivity index (χ3v) is 7.76. The predicted molar refractivity (Wildman–Crippen MR) is 138 cm³/mol. The molecule has 4 atom stereocenters. The molecule has 200 valence electrons. The second-order valence-corrected chi connectivity index (χ2v) is 11.0. The van der Waals surface area contributed by atoms with Gasteiger partial charge >= 0.3 is 5.97 Å². The molecular weight excluding hydrogens is 468 g/mol. The first-order valence-electron chi connectivity index (χ1n) is 12.2. The van der Waals surface area contributed by atoms with Gasteiger partial charge in [-0.05, 0) is 46.7 Å². The predicted octanol–water partition coefficient (Wildman–Crippen LogP) is 3.10. The fraction of sp³-hybridized carbons (Fsp3) is 0.760. The lowest BCUT2D eigenvalue weighted by molar-refractivity contribution is -0.142. The first-order valence-corrected chi connectivity index (χ1v) is 13.1. The average Bonchev–Trinajstić information content (AvgIpc) is 3.29. The molecule has 2 N–H and O–H groups in total. The summed E-state index contributed by atoms with van der Waals surface area (Å²) in [4.78, 5) is 46.3. The van der Waals surface area contributed by atoms with Gasteiger partial charge in [0.2, 0.25) is 11.8 Å². The van der Waals surface area contributed by atoms with Gasteiger partial charge in [0.1, 0.15) is 17.2 Å². The zero-order valence-corrected chi connectivity index (χ0v) is 23.7. The summed E-state index contributed by atoms with van der Waals surface area (Å²) < 4.78 is 4.97. The van der Waals surface area contributed by atoms with Crippen LogP contribution >= 0.6 is 11.3 Å². The highest BCUT2D eigenvalue weighted by Crippen LogP contribution is 2.28. The number of aromatic nitrogens is 1. The molecule has 0 aliphatic rings. The molecule has 0 bridgehead atoms. The zero-order chi connectivity index (χ0) is 27.1. The van der Waals surface area contributed by atoms with Gasteiger partial charge in [-0.2, -0.15) is 0 Å². The number of nitrogens with one attached hydrogen (secondary N) is 1. The van der Waals surface area contributed by atoms with E-state index in [9.17, 15) is 19.5 Å². The maximum atomic E-state index is 13.6. The Balaban J connectivity index is 3.09. The van der Waals surface area contributed by atoms with Gasteiger partial charge in [0.25, 0.3) is 0 Å². The van der Waals surface area contributed by atoms with Crippen LogP contribution in [0.5, 0.6) is 0 Å². The molecule has 0 aliphatic carbocycles. The maximum Gasteiger partial charge on any atom is 0.357 e. The van der Waals surface area contributed by atoms with Gasteiger partial charge in [0.15, 0.2) is 5.69 Å². The second-order valence-electron chi connectivity index (χ2n) is 10.1. The smallest absolute Gasteiger partial charge is 0.357 e. The number of rotatable bonds is 13. The molecule has 0 radical (unpaired) electrons. The lowest BCUT2D eigenvalue weighted by Gasteiger charge is -2.38. The van der Waals surface area contributed by atoms with E-state index < -0.39 is 23.7 Å². The summed E-state index contributed by atoms with van der Waals surface area (Å²) in [6.45, 7) is 13.5. The fourth-order valence-corrected chi connectivity index (χ4v) is 4.32. The monoisotopic (exact) mass is 512 g/mol. The van der Waals surface area contributed by atoms with Crippen LogP contribution in [0, 0.1) is 11.8 Å². The van der Waals surface area contributed by atoms with Crippen molar-refractivity contribution < 1.29 is 24.2 Å². The van der Waals surface area contributed by atoms with Crippen molar-refractivity contribution in [2.45, 2.75) is 85.0 Å². The number of nitrogens with zero attached hydrogens (tertiary/aromatic N) is 3. The number of aliphatic hydroxyl groups is 1. The molecule has 10 heteroatoms. The van der Waals surface area contributed by atoms with E-state index in [-0.39, 0.29) is 48.4 Å². The average molecular weight is 513 g/mol. The number of likely N-dealkylation sites (N-methyl/N-ethyl adjacent to an activating group) is 2. The van der Waals surface area contributed by atoms with Crippen molar-refractivity contribution in [2.75, 3.05) is 27.7 Å². The third-order valence-electron chi connectivity index (χ3n) is 6.81. The third kappa shape index (κ3) is 7.98. The number of carbonyl (C=O) groups excluding carboxylic acids is 3. The highest BCUT2D eigenvalue weighted by atomic mass is 32.1. The fourth-order valence-electron chi connectivity index (χ4n) is 3.53. The summed E-state index contributed by atoms with van der Waals surface area (Å²) in [6, 6.07) is -0.997. The number of hydrogen-bond donors (Lipinski definition) is 2. The molecule has 0 spiro atoms. The quantitative estimate of drug-likeness (QED) is 0.391. The van der Waals surface area contributed by atoms with E-state index in [4.69, 9.17) is 4.74 Å². The number of ether oxygens (including phenoxy) is 1. The first kappa shape index (κ1) is 31.0. The highest BCUT2D eigenvalue weighted by Gasteiger charge is 2.38. The van der Waals surface area contributed by atoms with Crippen molar-refractivity contribution >= 4 is 29.1 Å². The number of esters is 1. The Hall–Kier alpha value is -2.04. The van der Waals surface area contributed by atoms with Gasteiger partial charge in [0.05, 0.1) is 12.1 Å². The standard InChI is InChI=1S/C25H44N4O5S/c1-11-16(5)20(27-24(33)25(6,7)28(8)9)22(31)29(10)18(15(3)4)13-19(30)21-26-17(14-35-21)23(32)34-12-2/h14-16,18-20,30H,11-13H2,1-10H3,(H,27,33)/t16-,18+,19+,20-/m0/s1. The Kier molecular flexibility index (Phi) is 11.8. The van der Waals surface area contributed by atoms with Crippen LogP contribution in [0.15, 0.2) is 5.38 Å². The lowest BCUT2D eigenvalue weighted by atomic mass is 9.92. The zero-order valence-electron chi connectivity index (χ0n) is 22.9. The van der Waals surface area contributed by atoms with Crippen LogP contribution < -0.4 is 5.32 Å². The molecule has 1 heterocycles. The largest absolute Gasteiger partial charge is 0.461 e. The van der Waals surface area contributed by atoms with Crippen molar-refractivity contribution in [2.24, 2.45) is 11.8 Å². The summed E-state index contributed by atoms with van der Waals surface area (Å²) in [7, 11) is 5.37. The molecule has 0 unspecified atom stereocenters. The van der Waals surface area contributed by atoms with Crippen LogP contribution in [0.4, 0.5) is 0 Å². The van der Waals surface area contributed by atoms with Gasteiger partial charge in [-0.3, -0.25) is 14.5 Å². The number of thiazole rings is 1. The van der Waals surface area contributed by atoms with E-state index in [1.54, 1.807) is 24.3 Å². The van der Waals surface area contributed by atoms with Crippen LogP contribution in [0.1, 0.15) is 82.9 Å². The topological polar surface area (TPSA) is 112 Å². The van der Waals surface area contributed by atoms with Crippen molar-refractivity contribution in [3.8, 4) is 0 Å². The molecule has 9 nitrogen and oxygen atoms in total. The van der Waals surface area contributed by atoms with Crippen LogP contribution in [-0.4, -0.2) is 83.0 Å². The van der Waals surface area contributed by atoms with Crippen LogP contribution in [0.2, 0.25) is 0 Å². The normalized spacial score (nSPS) is 15.5. The SMILES string of the molecule is CCOC(=O)c1csc([C@H](O)C[C@H](C(C)C)N(C)C(=O)[C@@H](NC(=O)C(C)(C)N(C)C)[C@@H](C)CC)n1. The molecule has 0 saturated carbocycles. The van der Waals surface area contributed by atoms with E-state index in [1.807, 2.05) is 60.5 Å². The molecule has 35 heavy (non-hydrogen) atoms. The molecule has 0 aromatic carbocycles. The molecule has 1 aromatic rings. The van der Waals surface area contributed by atoms with Crippen molar-refractivity contribution in [1.29, 1.82) is 0 Å². The highest BCUT2D eigenvalue weighted by molar-refractivity contribution is 7.09. The number of hydrogen-bond acceptors (Lipinski definition) is 8. The van der Waals surface area contributed by atoms with E-state index in [0.29, 0.717) is 5.01 Å². The number of aliphatic hydroxyl groups excluding tert-OH is 1. The lowest BCUT2D eigenvalue weighted by Crippen LogP contribution is -2.60. The molecule has 0 aliphatic heterocycles. The van der Waals surface area contributed by atoms with Crippen molar-refractivity contribution in [3.05, 3.63) is 16.1 Å². The molecular formula is C25H44N4O5S. The van der Waals surface area contributed by atoms with E-state index in [0.717, 1.165) is 6.42 Å². The van der Waals surface area contributed by atoms with Gasteiger partial charge in [-0.25, -0.2) is 9.78 Å². The molecule has 0 saturated heterocycles. The van der Waals surface area contributed by atoms with Crippen LogP contribution in [0.3, 0.4) is 0 Å². The Bertz CT molecular complexity index is 855. The summed E-state index contributed by atoms with van der Waals surface area (Å²) in [5, 5.41) is 15.8. The minimum atomic E-state index is -0.949. The summed E-state index contributed by atoms with van der Waals surface area (Å²) in [5.41, 5.74) is -0.612. The van der Waals surface area contributed by atoms with Crippen molar-refractivity contribution in [3.63, 3.8) is 0 Å². The van der Waals surface area contributed by atoms with E-state index >= 15 is 0 Å². The van der Waals surface area contributed by atoms with E-state index in [1.165, 1.54) is 11.3 Å². The number of amides is 2. The van der Waals surface area contributed by atoms with Crippen molar-refractivity contribution in [1.82, 2.24) is 20.1 Å². The van der Waals surface area contributed by atoms with E-state index in [2.05, 4.69) is 10.3 Å². The molecule has 0 fully saturated rings. The molecule has 1 aromatic heterocycles. The molecule has 1 rings (SSSR count). The van der Waals surface area contributed by atoms with Gasteiger partial charge in [-0.15, -0.1) is 11.3 Å². The first-order chi connectivity index (χ1) is 16.2. The van der Waals surface area contributed by atoms with Gasteiger partial charge < -0.3 is 20.1 Å². The van der Waals surface area contributed by atoms with Gasteiger partial charge in [-0.1, -0.05) is 34.1 Å². The Labute approximate surface area is 214 Å². The number of carbonyl (C=O) groups is 3. The van der Waals surface area contributed by atoms with Crippen LogP contribution in [-0.2, 0) is 14.3 Å². The Morgan fingerprint density at radius 3 is 2.26 bits per heavy atom. The summed E-state index contributed by atoms with van der Waals surface area (Å²) in [6.07, 6.45) is 0.0210. The summed E-state index contributed by atoms with van der Waals surface area (Å²) in [5.74, 6) is -0.975. The molecule has 2 amide bonds. The Morgan fingerprint density at radius 2 is 1.77 bits per heavy atom. The minimum Gasteiger partial charge on any atom is -0.461 e. The van der Waals surface area contributed by atoms with Gasteiger partial charge in [0, 0.05) is 24.9 Å².